The third-order valence-electron chi connectivity index (χ3n) is 4.60. The Morgan fingerprint density at radius 3 is 2.77 bits per heavy atom. The minimum atomic E-state index is 0.212. The largest absolute Gasteiger partial charge is 0.338 e. The SMILES string of the molecule is CCN(Cc1ccccc1)C(=O)CN1CCCC(C(C)N)C1. The molecular weight excluding hydrogens is 274 g/mol. The van der Waals surface area contributed by atoms with E-state index >= 15 is 0 Å². The molecule has 1 aromatic carbocycles. The zero-order chi connectivity index (χ0) is 15.9. The average molecular weight is 303 g/mol. The van der Waals surface area contributed by atoms with Gasteiger partial charge in [-0.15, -0.1) is 0 Å². The highest BCUT2D eigenvalue weighted by atomic mass is 16.2. The number of carbonyl (C=O) groups is 1. The summed E-state index contributed by atoms with van der Waals surface area (Å²) in [4.78, 5) is 16.8. The molecule has 2 unspecified atom stereocenters. The van der Waals surface area contributed by atoms with E-state index in [2.05, 4.69) is 24.0 Å². The second-order valence-corrected chi connectivity index (χ2v) is 6.39. The molecule has 0 aliphatic carbocycles. The number of benzene rings is 1. The van der Waals surface area contributed by atoms with Crippen molar-refractivity contribution in [3.63, 3.8) is 0 Å². The molecule has 0 radical (unpaired) electrons. The maximum absolute atomic E-state index is 12.6. The smallest absolute Gasteiger partial charge is 0.237 e. The van der Waals surface area contributed by atoms with Crippen molar-refractivity contribution in [1.82, 2.24) is 9.80 Å². The summed E-state index contributed by atoms with van der Waals surface area (Å²) in [5.41, 5.74) is 7.21. The van der Waals surface area contributed by atoms with Crippen molar-refractivity contribution in [3.05, 3.63) is 35.9 Å². The fourth-order valence-electron chi connectivity index (χ4n) is 3.14. The van der Waals surface area contributed by atoms with Gasteiger partial charge in [-0.05, 0) is 44.7 Å². The van der Waals surface area contributed by atoms with Gasteiger partial charge in [0.15, 0.2) is 0 Å². The van der Waals surface area contributed by atoms with Crippen LogP contribution in [0.25, 0.3) is 0 Å². The monoisotopic (exact) mass is 303 g/mol. The Labute approximate surface area is 134 Å². The van der Waals surface area contributed by atoms with Crippen LogP contribution >= 0.6 is 0 Å². The van der Waals surface area contributed by atoms with Gasteiger partial charge in [0, 0.05) is 25.7 Å². The molecule has 4 nitrogen and oxygen atoms in total. The molecule has 1 aliphatic rings. The fraction of sp³-hybridized carbons (Fsp3) is 0.611. The Kier molecular flexibility index (Phi) is 6.40. The molecule has 2 N–H and O–H groups in total. The number of hydrogen-bond acceptors (Lipinski definition) is 3. The summed E-state index contributed by atoms with van der Waals surface area (Å²) in [6, 6.07) is 10.4. The highest BCUT2D eigenvalue weighted by Crippen LogP contribution is 2.18. The van der Waals surface area contributed by atoms with Crippen molar-refractivity contribution in [1.29, 1.82) is 0 Å². The van der Waals surface area contributed by atoms with E-state index < -0.39 is 0 Å². The van der Waals surface area contributed by atoms with Crippen molar-refractivity contribution in [2.45, 2.75) is 39.3 Å². The number of hydrogen-bond donors (Lipinski definition) is 1. The van der Waals surface area contributed by atoms with Gasteiger partial charge in [0.1, 0.15) is 0 Å². The summed E-state index contributed by atoms with van der Waals surface area (Å²) in [7, 11) is 0. The summed E-state index contributed by atoms with van der Waals surface area (Å²) in [5, 5.41) is 0. The maximum Gasteiger partial charge on any atom is 0.237 e. The van der Waals surface area contributed by atoms with Gasteiger partial charge in [-0.2, -0.15) is 0 Å². The second kappa shape index (κ2) is 8.30. The van der Waals surface area contributed by atoms with Gasteiger partial charge in [-0.3, -0.25) is 9.69 Å². The first-order valence-corrected chi connectivity index (χ1v) is 8.39. The predicted molar refractivity (Wildman–Crippen MR) is 90.3 cm³/mol. The van der Waals surface area contributed by atoms with Crippen LogP contribution < -0.4 is 5.73 Å². The molecule has 122 valence electrons. The van der Waals surface area contributed by atoms with E-state index in [-0.39, 0.29) is 11.9 Å². The normalized spacial score (nSPS) is 20.6. The standard InChI is InChI=1S/C18H29N3O/c1-3-21(12-16-8-5-4-6-9-16)18(22)14-20-11-7-10-17(13-20)15(2)19/h4-6,8-9,15,17H,3,7,10-14,19H2,1-2H3. The molecule has 0 saturated carbocycles. The lowest BCUT2D eigenvalue weighted by Gasteiger charge is -2.35. The van der Waals surface area contributed by atoms with Gasteiger partial charge in [-0.25, -0.2) is 0 Å². The Morgan fingerprint density at radius 2 is 2.14 bits per heavy atom. The number of nitrogens with two attached hydrogens (primary N) is 1. The summed E-state index contributed by atoms with van der Waals surface area (Å²) in [6.45, 7) is 8.04. The molecule has 2 atom stereocenters. The van der Waals surface area contributed by atoms with Crippen LogP contribution in [0.15, 0.2) is 30.3 Å². The average Bonchev–Trinajstić information content (AvgIpc) is 2.53. The van der Waals surface area contributed by atoms with E-state index in [1.165, 1.54) is 12.0 Å². The number of likely N-dealkylation sites (tertiary alicyclic amines) is 1. The van der Waals surface area contributed by atoms with E-state index in [1.807, 2.05) is 30.0 Å². The molecule has 2 rings (SSSR count). The van der Waals surface area contributed by atoms with Crippen LogP contribution in [-0.2, 0) is 11.3 Å². The first-order chi connectivity index (χ1) is 10.6. The summed E-state index contributed by atoms with van der Waals surface area (Å²) < 4.78 is 0. The lowest BCUT2D eigenvalue weighted by atomic mass is 9.92. The van der Waals surface area contributed by atoms with Crippen LogP contribution in [0.5, 0.6) is 0 Å². The number of piperidine rings is 1. The van der Waals surface area contributed by atoms with E-state index in [9.17, 15) is 4.79 Å². The Hall–Kier alpha value is -1.39. The number of amides is 1. The van der Waals surface area contributed by atoms with E-state index in [4.69, 9.17) is 5.73 Å². The van der Waals surface area contributed by atoms with E-state index in [0.29, 0.717) is 19.0 Å². The molecule has 0 spiro atoms. The van der Waals surface area contributed by atoms with Gasteiger partial charge < -0.3 is 10.6 Å². The number of rotatable bonds is 6. The molecule has 1 aromatic rings. The zero-order valence-electron chi connectivity index (χ0n) is 13.9. The van der Waals surface area contributed by atoms with Crippen molar-refractivity contribution in [2.24, 2.45) is 11.7 Å². The first kappa shape index (κ1) is 17.0. The summed E-state index contributed by atoms with van der Waals surface area (Å²) in [6.07, 6.45) is 2.33. The van der Waals surface area contributed by atoms with Crippen LogP contribution in [0.4, 0.5) is 0 Å². The molecule has 22 heavy (non-hydrogen) atoms. The molecule has 1 fully saturated rings. The highest BCUT2D eigenvalue weighted by Gasteiger charge is 2.25. The second-order valence-electron chi connectivity index (χ2n) is 6.39. The molecule has 0 aromatic heterocycles. The summed E-state index contributed by atoms with van der Waals surface area (Å²) >= 11 is 0. The molecule has 0 bridgehead atoms. The van der Waals surface area contributed by atoms with Crippen molar-refractivity contribution in [2.75, 3.05) is 26.2 Å². The maximum atomic E-state index is 12.6. The molecule has 1 saturated heterocycles. The highest BCUT2D eigenvalue weighted by molar-refractivity contribution is 5.78. The van der Waals surface area contributed by atoms with Gasteiger partial charge in [-0.1, -0.05) is 30.3 Å². The third kappa shape index (κ3) is 4.82. The van der Waals surface area contributed by atoms with E-state index in [0.717, 1.165) is 26.1 Å². The predicted octanol–water partition coefficient (Wildman–Crippen LogP) is 2.09. The molecule has 4 heteroatoms. The Bertz CT molecular complexity index is 461. The van der Waals surface area contributed by atoms with Crippen molar-refractivity contribution < 1.29 is 4.79 Å². The Balaban J connectivity index is 1.89. The lowest BCUT2D eigenvalue weighted by molar-refractivity contribution is -0.133. The fourth-order valence-corrected chi connectivity index (χ4v) is 3.14. The first-order valence-electron chi connectivity index (χ1n) is 8.39. The van der Waals surface area contributed by atoms with Gasteiger partial charge >= 0.3 is 0 Å². The number of likely N-dealkylation sites (N-methyl/N-ethyl adjacent to an activating group) is 1. The van der Waals surface area contributed by atoms with Gasteiger partial charge in [0.25, 0.3) is 0 Å². The van der Waals surface area contributed by atoms with Crippen LogP contribution in [0.3, 0.4) is 0 Å². The molecule has 1 amide bonds. The van der Waals surface area contributed by atoms with Crippen LogP contribution in [0.2, 0.25) is 0 Å². The third-order valence-corrected chi connectivity index (χ3v) is 4.60. The molecule has 1 aliphatic heterocycles. The van der Waals surface area contributed by atoms with E-state index in [1.54, 1.807) is 0 Å². The van der Waals surface area contributed by atoms with Crippen molar-refractivity contribution in [3.8, 4) is 0 Å². The van der Waals surface area contributed by atoms with Crippen LogP contribution in [0, 0.1) is 5.92 Å². The minimum absolute atomic E-state index is 0.212. The molecule has 1 heterocycles. The van der Waals surface area contributed by atoms with Gasteiger partial charge in [0.05, 0.1) is 6.54 Å². The van der Waals surface area contributed by atoms with Gasteiger partial charge in [0.2, 0.25) is 5.91 Å². The van der Waals surface area contributed by atoms with Crippen LogP contribution in [-0.4, -0.2) is 47.9 Å². The lowest BCUT2D eigenvalue weighted by Crippen LogP contribution is -2.47. The zero-order valence-corrected chi connectivity index (χ0v) is 13.9. The minimum Gasteiger partial charge on any atom is -0.338 e. The number of nitrogens with zero attached hydrogens (tertiary/aromatic N) is 2. The number of carbonyl (C=O) groups excluding carboxylic acids is 1. The summed E-state index contributed by atoms with van der Waals surface area (Å²) in [5.74, 6) is 0.738. The van der Waals surface area contributed by atoms with Crippen molar-refractivity contribution >= 4 is 5.91 Å². The van der Waals surface area contributed by atoms with Crippen LogP contribution in [0.1, 0.15) is 32.3 Å². The topological polar surface area (TPSA) is 49.6 Å². The Morgan fingerprint density at radius 1 is 1.41 bits per heavy atom. The quantitative estimate of drug-likeness (QED) is 0.875. The molecular formula is C18H29N3O.